The van der Waals surface area contributed by atoms with Gasteiger partial charge in [-0.3, -0.25) is 9.10 Å². The Morgan fingerprint density at radius 2 is 1.90 bits per heavy atom. The molecule has 0 radical (unpaired) electrons. The summed E-state index contributed by atoms with van der Waals surface area (Å²) in [7, 11) is -2.06. The third kappa shape index (κ3) is 6.95. The van der Waals surface area contributed by atoms with Crippen LogP contribution in [0.15, 0.2) is 46.0 Å². The van der Waals surface area contributed by atoms with Crippen molar-refractivity contribution < 1.29 is 22.7 Å². The number of carbonyl (C=O) groups is 1. The van der Waals surface area contributed by atoms with Crippen LogP contribution in [0.2, 0.25) is 0 Å². The Kier molecular flexibility index (Phi) is 8.74. The van der Waals surface area contributed by atoms with Crippen molar-refractivity contribution in [2.75, 3.05) is 31.1 Å². The summed E-state index contributed by atoms with van der Waals surface area (Å²) >= 11 is 1.18. The van der Waals surface area contributed by atoms with E-state index in [0.29, 0.717) is 30.7 Å². The predicted molar refractivity (Wildman–Crippen MR) is 122 cm³/mol. The van der Waals surface area contributed by atoms with E-state index < -0.39 is 10.0 Å². The van der Waals surface area contributed by atoms with Crippen LogP contribution in [-0.4, -0.2) is 47.2 Å². The van der Waals surface area contributed by atoms with Gasteiger partial charge in [-0.2, -0.15) is 0 Å². The highest BCUT2D eigenvalue weighted by Crippen LogP contribution is 2.26. The fourth-order valence-electron chi connectivity index (χ4n) is 3.42. The quantitative estimate of drug-likeness (QED) is 0.509. The van der Waals surface area contributed by atoms with Crippen LogP contribution in [0.1, 0.15) is 38.5 Å². The number of amides is 1. The van der Waals surface area contributed by atoms with Gasteiger partial charge in [0.25, 0.3) is 15.9 Å². The Morgan fingerprint density at radius 3 is 2.58 bits per heavy atom. The standard InChI is InChI=1S/C22H30N2O5S2/c1-24(31(26,27)22-9-5-16-30-22)18-10-12-20(13-11-18)29-17-21(25)23-14-6-15-28-19-7-3-2-4-8-19/h5,9-13,16,19H,2-4,6-8,14-15,17H2,1H3,(H,23,25). The van der Waals surface area contributed by atoms with Crippen LogP contribution in [0.5, 0.6) is 5.75 Å². The van der Waals surface area contributed by atoms with Gasteiger partial charge in [-0.15, -0.1) is 11.3 Å². The van der Waals surface area contributed by atoms with Crippen LogP contribution in [0, 0.1) is 0 Å². The van der Waals surface area contributed by atoms with Crippen molar-refractivity contribution in [3.8, 4) is 5.75 Å². The first kappa shape index (κ1) is 23.6. The number of hydrogen-bond acceptors (Lipinski definition) is 6. The number of carbonyl (C=O) groups excluding carboxylic acids is 1. The molecular weight excluding hydrogens is 436 g/mol. The van der Waals surface area contributed by atoms with Gasteiger partial charge < -0.3 is 14.8 Å². The molecule has 9 heteroatoms. The summed E-state index contributed by atoms with van der Waals surface area (Å²) in [5.74, 6) is 0.306. The van der Waals surface area contributed by atoms with Gasteiger partial charge in [0.05, 0.1) is 11.8 Å². The van der Waals surface area contributed by atoms with Gasteiger partial charge in [-0.05, 0) is 55.0 Å². The molecule has 1 aliphatic carbocycles. The summed E-state index contributed by atoms with van der Waals surface area (Å²) in [6, 6.07) is 9.90. The minimum Gasteiger partial charge on any atom is -0.484 e. The fraction of sp³-hybridized carbons (Fsp3) is 0.500. The molecule has 1 N–H and O–H groups in total. The molecule has 1 aromatic carbocycles. The van der Waals surface area contributed by atoms with Gasteiger partial charge in [0.15, 0.2) is 6.61 Å². The van der Waals surface area contributed by atoms with E-state index in [1.807, 2.05) is 0 Å². The van der Waals surface area contributed by atoms with Crippen LogP contribution in [-0.2, 0) is 19.6 Å². The molecule has 7 nitrogen and oxygen atoms in total. The van der Waals surface area contributed by atoms with E-state index in [4.69, 9.17) is 9.47 Å². The fourth-order valence-corrected chi connectivity index (χ4v) is 5.77. The molecule has 1 amide bonds. The number of benzene rings is 1. The molecule has 1 aliphatic rings. The Morgan fingerprint density at radius 1 is 1.16 bits per heavy atom. The molecule has 170 valence electrons. The number of ether oxygens (including phenoxy) is 2. The Balaban J connectivity index is 1.36. The lowest BCUT2D eigenvalue weighted by molar-refractivity contribution is -0.123. The van der Waals surface area contributed by atoms with Crippen molar-refractivity contribution in [2.45, 2.75) is 48.8 Å². The van der Waals surface area contributed by atoms with Gasteiger partial charge in [-0.25, -0.2) is 8.42 Å². The van der Waals surface area contributed by atoms with Crippen molar-refractivity contribution in [3.63, 3.8) is 0 Å². The Labute approximate surface area is 188 Å². The molecule has 1 heterocycles. The van der Waals surface area contributed by atoms with Crippen LogP contribution in [0.4, 0.5) is 5.69 Å². The van der Waals surface area contributed by atoms with E-state index in [1.165, 1.54) is 42.0 Å². The zero-order chi connectivity index (χ0) is 22.1. The first-order valence-corrected chi connectivity index (χ1v) is 12.9. The van der Waals surface area contributed by atoms with Crippen LogP contribution in [0.3, 0.4) is 0 Å². The molecule has 3 rings (SSSR count). The van der Waals surface area contributed by atoms with Gasteiger partial charge in [-0.1, -0.05) is 25.3 Å². The zero-order valence-electron chi connectivity index (χ0n) is 17.8. The molecule has 0 aliphatic heterocycles. The third-order valence-electron chi connectivity index (χ3n) is 5.23. The molecule has 0 spiro atoms. The third-order valence-corrected chi connectivity index (χ3v) is 8.39. The topological polar surface area (TPSA) is 84.9 Å². The van der Waals surface area contributed by atoms with Crippen molar-refractivity contribution in [1.82, 2.24) is 5.32 Å². The van der Waals surface area contributed by atoms with Crippen molar-refractivity contribution in [2.24, 2.45) is 0 Å². The number of thiophene rings is 1. The molecule has 0 bridgehead atoms. The lowest BCUT2D eigenvalue weighted by Crippen LogP contribution is -2.30. The highest BCUT2D eigenvalue weighted by molar-refractivity contribution is 7.94. The number of hydrogen-bond donors (Lipinski definition) is 1. The SMILES string of the molecule is CN(c1ccc(OCC(=O)NCCCOC2CCCCC2)cc1)S(=O)(=O)c1cccs1. The van der Waals surface area contributed by atoms with Gasteiger partial charge in [0.1, 0.15) is 9.96 Å². The van der Waals surface area contributed by atoms with Crippen molar-refractivity contribution >= 4 is 33.0 Å². The molecule has 1 saturated carbocycles. The van der Waals surface area contributed by atoms with E-state index in [9.17, 15) is 13.2 Å². The first-order chi connectivity index (χ1) is 15.0. The average Bonchev–Trinajstić information content (AvgIpc) is 3.34. The summed E-state index contributed by atoms with van der Waals surface area (Å²) in [5.41, 5.74) is 0.517. The largest absolute Gasteiger partial charge is 0.484 e. The van der Waals surface area contributed by atoms with E-state index in [-0.39, 0.29) is 16.7 Å². The molecule has 0 saturated heterocycles. The normalized spacial score (nSPS) is 14.9. The summed E-state index contributed by atoms with van der Waals surface area (Å²) in [6.07, 6.45) is 7.27. The van der Waals surface area contributed by atoms with Crippen LogP contribution in [0.25, 0.3) is 0 Å². The second-order valence-electron chi connectivity index (χ2n) is 7.52. The first-order valence-electron chi connectivity index (χ1n) is 10.6. The Bertz CT molecular complexity index is 908. The van der Waals surface area contributed by atoms with Gasteiger partial charge >= 0.3 is 0 Å². The zero-order valence-corrected chi connectivity index (χ0v) is 19.4. The van der Waals surface area contributed by atoms with Crippen LogP contribution < -0.4 is 14.4 Å². The summed E-state index contributed by atoms with van der Waals surface area (Å²) in [6.45, 7) is 1.13. The van der Waals surface area contributed by atoms with E-state index >= 15 is 0 Å². The molecule has 2 aromatic rings. The molecule has 0 unspecified atom stereocenters. The van der Waals surface area contributed by atoms with E-state index in [2.05, 4.69) is 5.32 Å². The average molecular weight is 467 g/mol. The van der Waals surface area contributed by atoms with E-state index in [0.717, 1.165) is 19.3 Å². The maximum absolute atomic E-state index is 12.6. The number of nitrogens with zero attached hydrogens (tertiary/aromatic N) is 1. The lowest BCUT2D eigenvalue weighted by atomic mass is 9.98. The predicted octanol–water partition coefficient (Wildman–Crippen LogP) is 3.81. The monoisotopic (exact) mass is 466 g/mol. The molecular formula is C22H30N2O5S2. The lowest BCUT2D eigenvalue weighted by Gasteiger charge is -2.21. The summed E-state index contributed by atoms with van der Waals surface area (Å²) in [4.78, 5) is 12.0. The van der Waals surface area contributed by atoms with Gasteiger partial charge in [0, 0.05) is 20.2 Å². The van der Waals surface area contributed by atoms with E-state index in [1.54, 1.807) is 41.8 Å². The number of nitrogens with one attached hydrogen (secondary N) is 1. The number of rotatable bonds is 11. The number of anilines is 1. The van der Waals surface area contributed by atoms with Gasteiger partial charge in [0.2, 0.25) is 0 Å². The number of sulfonamides is 1. The second-order valence-corrected chi connectivity index (χ2v) is 10.7. The summed E-state index contributed by atoms with van der Waals surface area (Å²) in [5, 5.41) is 4.55. The molecule has 1 fully saturated rings. The molecule has 31 heavy (non-hydrogen) atoms. The maximum atomic E-state index is 12.6. The minimum atomic E-state index is -3.57. The summed E-state index contributed by atoms with van der Waals surface area (Å²) < 4.78 is 38.0. The molecule has 1 aromatic heterocycles. The Hall–Kier alpha value is -2.10. The van der Waals surface area contributed by atoms with Crippen molar-refractivity contribution in [1.29, 1.82) is 0 Å². The van der Waals surface area contributed by atoms with Crippen LogP contribution >= 0.6 is 11.3 Å². The highest BCUT2D eigenvalue weighted by atomic mass is 32.2. The minimum absolute atomic E-state index is 0.0911. The highest BCUT2D eigenvalue weighted by Gasteiger charge is 2.22. The smallest absolute Gasteiger partial charge is 0.273 e. The second kappa shape index (κ2) is 11.5. The van der Waals surface area contributed by atoms with Crippen molar-refractivity contribution in [3.05, 3.63) is 41.8 Å². The molecule has 0 atom stereocenters. The maximum Gasteiger partial charge on any atom is 0.273 e.